The molecular weight excluding hydrogens is 228 g/mol. The zero-order valence-corrected chi connectivity index (χ0v) is 10.1. The summed E-state index contributed by atoms with van der Waals surface area (Å²) >= 11 is 0. The van der Waals surface area contributed by atoms with Crippen molar-refractivity contribution in [1.82, 2.24) is 20.3 Å². The molecule has 5 nitrogen and oxygen atoms in total. The first-order valence-corrected chi connectivity index (χ1v) is 5.95. The summed E-state index contributed by atoms with van der Waals surface area (Å²) < 4.78 is 5.29. The number of H-pyrrole nitrogens is 1. The van der Waals surface area contributed by atoms with Crippen LogP contribution in [0.3, 0.4) is 0 Å². The average Bonchev–Trinajstić information content (AvgIpc) is 3.04. The van der Waals surface area contributed by atoms with Crippen molar-refractivity contribution < 1.29 is 4.42 Å². The largest absolute Gasteiger partial charge is 0.443 e. The van der Waals surface area contributed by atoms with Gasteiger partial charge >= 0.3 is 0 Å². The molecule has 0 amide bonds. The van der Waals surface area contributed by atoms with Crippen LogP contribution in [0.25, 0.3) is 22.4 Å². The molecule has 0 radical (unpaired) electrons. The Morgan fingerprint density at radius 2 is 2.28 bits per heavy atom. The number of benzene rings is 1. The van der Waals surface area contributed by atoms with Gasteiger partial charge in [0.05, 0.1) is 18.4 Å². The first-order chi connectivity index (χ1) is 8.86. The number of nitrogens with zero attached hydrogens (tertiary/aromatic N) is 2. The highest BCUT2D eigenvalue weighted by Gasteiger charge is 2.05. The van der Waals surface area contributed by atoms with Crippen molar-refractivity contribution in [3.8, 4) is 11.3 Å². The molecule has 2 N–H and O–H groups in total. The minimum absolute atomic E-state index is 0.751. The molecular formula is C13H14N4O. The van der Waals surface area contributed by atoms with Crippen molar-refractivity contribution in [3.05, 3.63) is 36.6 Å². The van der Waals surface area contributed by atoms with Gasteiger partial charge in [0.15, 0.2) is 12.0 Å². The van der Waals surface area contributed by atoms with Crippen molar-refractivity contribution in [2.75, 3.05) is 6.54 Å². The molecule has 0 aliphatic carbocycles. The van der Waals surface area contributed by atoms with Gasteiger partial charge in [0.1, 0.15) is 11.3 Å². The fourth-order valence-corrected chi connectivity index (χ4v) is 1.87. The molecule has 0 aliphatic heterocycles. The van der Waals surface area contributed by atoms with Gasteiger partial charge in [0, 0.05) is 5.56 Å². The van der Waals surface area contributed by atoms with E-state index < -0.39 is 0 Å². The van der Waals surface area contributed by atoms with Crippen molar-refractivity contribution >= 4 is 11.1 Å². The lowest BCUT2D eigenvalue weighted by atomic mass is 10.1. The van der Waals surface area contributed by atoms with Gasteiger partial charge in [-0.2, -0.15) is 0 Å². The van der Waals surface area contributed by atoms with Gasteiger partial charge < -0.3 is 14.7 Å². The minimum atomic E-state index is 0.751. The molecule has 0 saturated heterocycles. The zero-order chi connectivity index (χ0) is 12.4. The number of imidazole rings is 1. The second-order valence-corrected chi connectivity index (χ2v) is 4.06. The van der Waals surface area contributed by atoms with Crippen LogP contribution < -0.4 is 5.32 Å². The maximum absolute atomic E-state index is 5.29. The van der Waals surface area contributed by atoms with E-state index in [0.717, 1.165) is 41.3 Å². The van der Waals surface area contributed by atoms with E-state index >= 15 is 0 Å². The van der Waals surface area contributed by atoms with Crippen LogP contribution in [0.1, 0.15) is 12.7 Å². The number of rotatable bonds is 4. The van der Waals surface area contributed by atoms with Crippen LogP contribution in [0.5, 0.6) is 0 Å². The smallest absolute Gasteiger partial charge is 0.181 e. The van der Waals surface area contributed by atoms with E-state index in [4.69, 9.17) is 4.42 Å². The first kappa shape index (κ1) is 11.0. The lowest BCUT2D eigenvalue weighted by Gasteiger charge is -1.98. The number of hydrogen-bond acceptors (Lipinski definition) is 4. The fraction of sp³-hybridized carbons (Fsp3) is 0.231. The summed E-state index contributed by atoms with van der Waals surface area (Å²) in [5.41, 5.74) is 3.69. The Morgan fingerprint density at radius 3 is 3.17 bits per heavy atom. The van der Waals surface area contributed by atoms with E-state index in [-0.39, 0.29) is 0 Å². The molecule has 0 fully saturated rings. The Kier molecular flexibility index (Phi) is 2.82. The summed E-state index contributed by atoms with van der Waals surface area (Å²) in [6.07, 6.45) is 3.29. The third-order valence-electron chi connectivity index (χ3n) is 2.81. The Bertz CT molecular complexity index is 656. The van der Waals surface area contributed by atoms with Gasteiger partial charge in [-0.3, -0.25) is 0 Å². The second-order valence-electron chi connectivity index (χ2n) is 4.06. The van der Waals surface area contributed by atoms with Crippen LogP contribution in [0, 0.1) is 0 Å². The van der Waals surface area contributed by atoms with Gasteiger partial charge in [-0.05, 0) is 18.7 Å². The van der Waals surface area contributed by atoms with Crippen molar-refractivity contribution in [1.29, 1.82) is 0 Å². The van der Waals surface area contributed by atoms with Crippen molar-refractivity contribution in [3.63, 3.8) is 0 Å². The highest BCUT2D eigenvalue weighted by atomic mass is 16.3. The molecule has 0 bridgehead atoms. The van der Waals surface area contributed by atoms with Crippen LogP contribution in [-0.2, 0) is 6.54 Å². The number of aromatic amines is 1. The summed E-state index contributed by atoms with van der Waals surface area (Å²) in [7, 11) is 0. The predicted octanol–water partition coefficient (Wildman–Crippen LogP) is 2.33. The van der Waals surface area contributed by atoms with Crippen molar-refractivity contribution in [2.24, 2.45) is 0 Å². The Labute approximate surface area is 104 Å². The molecule has 0 atom stereocenters. The molecule has 3 rings (SSSR count). The highest BCUT2D eigenvalue weighted by Crippen LogP contribution is 2.22. The van der Waals surface area contributed by atoms with Gasteiger partial charge in [-0.15, -0.1) is 0 Å². The Hall–Kier alpha value is -2.14. The van der Waals surface area contributed by atoms with Crippen LogP contribution in [0.15, 0.2) is 35.2 Å². The molecule has 3 aromatic rings. The standard InChI is InChI=1S/C13H14N4O/c1-2-14-7-13-15-6-11(17-13)9-3-4-10-12(5-9)18-8-16-10/h3-6,8,14H,2,7H2,1H3,(H,15,17). The van der Waals surface area contributed by atoms with Gasteiger partial charge in [-0.1, -0.05) is 13.0 Å². The highest BCUT2D eigenvalue weighted by molar-refractivity contribution is 5.78. The van der Waals surface area contributed by atoms with Gasteiger partial charge in [0.2, 0.25) is 0 Å². The van der Waals surface area contributed by atoms with E-state index in [2.05, 4.69) is 27.2 Å². The third kappa shape index (κ3) is 2.00. The lowest BCUT2D eigenvalue weighted by molar-refractivity contribution is 0.602. The quantitative estimate of drug-likeness (QED) is 0.736. The number of oxazole rings is 1. The monoisotopic (exact) mass is 242 g/mol. The number of fused-ring (bicyclic) bond motifs is 1. The normalized spacial score (nSPS) is 11.2. The molecule has 2 heterocycles. The zero-order valence-electron chi connectivity index (χ0n) is 10.1. The molecule has 2 aromatic heterocycles. The van der Waals surface area contributed by atoms with Gasteiger partial charge in [-0.25, -0.2) is 9.97 Å². The lowest BCUT2D eigenvalue weighted by Crippen LogP contribution is -2.12. The summed E-state index contributed by atoms with van der Waals surface area (Å²) in [6.45, 7) is 3.75. The molecule has 18 heavy (non-hydrogen) atoms. The number of hydrogen-bond donors (Lipinski definition) is 2. The van der Waals surface area contributed by atoms with Crippen molar-refractivity contribution in [2.45, 2.75) is 13.5 Å². The SMILES string of the molecule is CCNCc1ncc(-c2ccc3ncoc3c2)[nH]1. The maximum atomic E-state index is 5.29. The predicted molar refractivity (Wildman–Crippen MR) is 69.0 cm³/mol. The Balaban J connectivity index is 1.90. The van der Waals surface area contributed by atoms with Crippen LogP contribution in [-0.4, -0.2) is 21.5 Å². The summed E-state index contributed by atoms with van der Waals surface area (Å²) in [4.78, 5) is 11.7. The van der Waals surface area contributed by atoms with Crippen LogP contribution in [0.2, 0.25) is 0 Å². The molecule has 1 aromatic carbocycles. The summed E-state index contributed by atoms with van der Waals surface area (Å²) in [5.74, 6) is 0.935. The van der Waals surface area contributed by atoms with E-state index in [0.29, 0.717) is 0 Å². The first-order valence-electron chi connectivity index (χ1n) is 5.95. The average molecular weight is 242 g/mol. The molecule has 0 saturated carbocycles. The summed E-state index contributed by atoms with van der Waals surface area (Å²) in [5, 5.41) is 3.23. The minimum Gasteiger partial charge on any atom is -0.443 e. The summed E-state index contributed by atoms with van der Waals surface area (Å²) in [6, 6.07) is 5.92. The molecule has 92 valence electrons. The Morgan fingerprint density at radius 1 is 1.33 bits per heavy atom. The number of nitrogens with one attached hydrogen (secondary N) is 2. The van der Waals surface area contributed by atoms with Crippen LogP contribution in [0.4, 0.5) is 0 Å². The fourth-order valence-electron chi connectivity index (χ4n) is 1.87. The molecule has 0 aliphatic rings. The maximum Gasteiger partial charge on any atom is 0.181 e. The van der Waals surface area contributed by atoms with E-state index in [9.17, 15) is 0 Å². The molecule has 0 spiro atoms. The van der Waals surface area contributed by atoms with E-state index in [1.165, 1.54) is 6.39 Å². The van der Waals surface area contributed by atoms with Crippen LogP contribution >= 0.6 is 0 Å². The number of aromatic nitrogens is 3. The second kappa shape index (κ2) is 4.62. The third-order valence-corrected chi connectivity index (χ3v) is 2.81. The van der Waals surface area contributed by atoms with E-state index in [1.807, 2.05) is 24.4 Å². The van der Waals surface area contributed by atoms with E-state index in [1.54, 1.807) is 0 Å². The topological polar surface area (TPSA) is 66.7 Å². The van der Waals surface area contributed by atoms with Gasteiger partial charge in [0.25, 0.3) is 0 Å². The molecule has 0 unspecified atom stereocenters. The molecule has 5 heteroatoms.